The number of carbonyl (C=O) groups excluding carboxylic acids is 1. The molecule has 2 aromatic rings. The molecule has 1 heterocycles. The van der Waals surface area contributed by atoms with Crippen molar-refractivity contribution in [2.45, 2.75) is 6.54 Å². The summed E-state index contributed by atoms with van der Waals surface area (Å²) < 4.78 is 24.0. The molecule has 0 aliphatic carbocycles. The van der Waals surface area contributed by atoms with E-state index >= 15 is 0 Å². The highest BCUT2D eigenvalue weighted by atomic mass is 32.2. The topological polar surface area (TPSA) is 69.0 Å². The first kappa shape index (κ1) is 13.5. The average molecular weight is 278 g/mol. The van der Waals surface area contributed by atoms with E-state index in [1.165, 1.54) is 12.5 Å². The number of hydrogen-bond acceptors (Lipinski definition) is 4. The molecule has 2 rings (SSSR count). The van der Waals surface area contributed by atoms with E-state index < -0.39 is 9.84 Å². The fourth-order valence-corrected chi connectivity index (χ4v) is 2.32. The fourth-order valence-electron chi connectivity index (χ4n) is 1.82. The molecule has 0 fully saturated rings. The summed E-state index contributed by atoms with van der Waals surface area (Å²) in [6.07, 6.45) is 3.36. The standard InChI is InChI=1S/C13H14N2O3S/c1-19(17,18)8-7-15-13(12(10-16)9-14-15)11-5-3-2-4-6-11/h2-6,9-10H,7-8H2,1H3. The lowest BCUT2D eigenvalue weighted by Gasteiger charge is -2.07. The quantitative estimate of drug-likeness (QED) is 0.775. The van der Waals surface area contributed by atoms with Crippen molar-refractivity contribution >= 4 is 16.1 Å². The second-order valence-corrected chi connectivity index (χ2v) is 6.55. The summed E-state index contributed by atoms with van der Waals surface area (Å²) >= 11 is 0. The van der Waals surface area contributed by atoms with Gasteiger partial charge < -0.3 is 0 Å². The first-order valence-corrected chi connectivity index (χ1v) is 7.81. The molecule has 0 spiro atoms. The minimum atomic E-state index is -3.07. The largest absolute Gasteiger partial charge is 0.298 e. The van der Waals surface area contributed by atoms with Crippen LogP contribution in [0.4, 0.5) is 0 Å². The van der Waals surface area contributed by atoms with Crippen LogP contribution in [-0.2, 0) is 16.4 Å². The van der Waals surface area contributed by atoms with Gasteiger partial charge in [0.05, 0.1) is 29.8 Å². The highest BCUT2D eigenvalue weighted by Gasteiger charge is 2.13. The van der Waals surface area contributed by atoms with E-state index in [4.69, 9.17) is 0 Å². The molecule has 5 nitrogen and oxygen atoms in total. The Morgan fingerprint density at radius 3 is 2.53 bits per heavy atom. The Labute approximate surface area is 111 Å². The maximum atomic E-state index is 11.2. The molecule has 0 N–H and O–H groups in total. The molecule has 19 heavy (non-hydrogen) atoms. The number of sulfone groups is 1. The van der Waals surface area contributed by atoms with E-state index in [1.54, 1.807) is 4.68 Å². The summed E-state index contributed by atoms with van der Waals surface area (Å²) in [5.41, 5.74) is 1.95. The third-order valence-corrected chi connectivity index (χ3v) is 3.64. The number of carbonyl (C=O) groups is 1. The Morgan fingerprint density at radius 1 is 1.26 bits per heavy atom. The van der Waals surface area contributed by atoms with Gasteiger partial charge >= 0.3 is 0 Å². The second-order valence-electron chi connectivity index (χ2n) is 4.29. The van der Waals surface area contributed by atoms with E-state index in [9.17, 15) is 13.2 Å². The normalized spacial score (nSPS) is 11.4. The summed E-state index contributed by atoms with van der Waals surface area (Å²) in [5, 5.41) is 4.09. The fraction of sp³-hybridized carbons (Fsp3) is 0.231. The van der Waals surface area contributed by atoms with Crippen molar-refractivity contribution in [1.82, 2.24) is 9.78 Å². The van der Waals surface area contributed by atoms with Gasteiger partial charge in [-0.2, -0.15) is 5.10 Å². The summed E-state index contributed by atoms with van der Waals surface area (Å²) in [7, 11) is -3.07. The van der Waals surface area contributed by atoms with Crippen LogP contribution in [0.3, 0.4) is 0 Å². The maximum absolute atomic E-state index is 11.2. The van der Waals surface area contributed by atoms with Crippen molar-refractivity contribution in [3.05, 3.63) is 42.1 Å². The van der Waals surface area contributed by atoms with Gasteiger partial charge in [-0.15, -0.1) is 0 Å². The van der Waals surface area contributed by atoms with E-state index in [0.29, 0.717) is 11.3 Å². The second kappa shape index (κ2) is 5.36. The number of rotatable bonds is 5. The Balaban J connectivity index is 2.41. The molecule has 0 saturated carbocycles. The lowest BCUT2D eigenvalue weighted by atomic mass is 10.1. The van der Waals surface area contributed by atoms with Gasteiger partial charge in [-0.3, -0.25) is 9.48 Å². The molecular weight excluding hydrogens is 264 g/mol. The van der Waals surface area contributed by atoms with Crippen molar-refractivity contribution in [1.29, 1.82) is 0 Å². The Bertz CT molecular complexity index is 675. The zero-order chi connectivity index (χ0) is 13.9. The number of nitrogens with zero attached hydrogens (tertiary/aromatic N) is 2. The van der Waals surface area contributed by atoms with Crippen LogP contribution in [0.15, 0.2) is 36.5 Å². The van der Waals surface area contributed by atoms with Crippen LogP contribution in [0, 0.1) is 0 Å². The van der Waals surface area contributed by atoms with Gasteiger partial charge in [0.15, 0.2) is 6.29 Å². The Kier molecular flexibility index (Phi) is 3.80. The first-order valence-electron chi connectivity index (χ1n) is 5.75. The monoisotopic (exact) mass is 278 g/mol. The molecule has 1 aromatic carbocycles. The third-order valence-electron chi connectivity index (χ3n) is 2.72. The predicted molar refractivity (Wildman–Crippen MR) is 72.8 cm³/mol. The highest BCUT2D eigenvalue weighted by Crippen LogP contribution is 2.22. The molecule has 0 unspecified atom stereocenters. The molecule has 100 valence electrons. The number of aryl methyl sites for hydroxylation is 1. The minimum absolute atomic E-state index is 0.00713. The van der Waals surface area contributed by atoms with Gasteiger partial charge in [-0.25, -0.2) is 8.42 Å². The molecule has 6 heteroatoms. The number of benzene rings is 1. The van der Waals surface area contributed by atoms with Gasteiger partial charge in [-0.1, -0.05) is 30.3 Å². The molecule has 0 radical (unpaired) electrons. The SMILES string of the molecule is CS(=O)(=O)CCn1ncc(C=O)c1-c1ccccc1. The Morgan fingerprint density at radius 2 is 1.95 bits per heavy atom. The highest BCUT2D eigenvalue weighted by molar-refractivity contribution is 7.90. The van der Waals surface area contributed by atoms with Crippen molar-refractivity contribution in [2.75, 3.05) is 12.0 Å². The molecule has 0 atom stereocenters. The van der Waals surface area contributed by atoms with Gasteiger partial charge in [0.25, 0.3) is 0 Å². The lowest BCUT2D eigenvalue weighted by molar-refractivity contribution is 0.112. The average Bonchev–Trinajstić information content (AvgIpc) is 2.79. The number of aromatic nitrogens is 2. The molecule has 0 bridgehead atoms. The summed E-state index contributed by atoms with van der Waals surface area (Å²) in [6.45, 7) is 0.233. The van der Waals surface area contributed by atoms with Gasteiger partial charge in [0.1, 0.15) is 9.84 Å². The van der Waals surface area contributed by atoms with Crippen molar-refractivity contribution in [3.63, 3.8) is 0 Å². The zero-order valence-corrected chi connectivity index (χ0v) is 11.3. The van der Waals surface area contributed by atoms with Crippen LogP contribution >= 0.6 is 0 Å². The van der Waals surface area contributed by atoms with Crippen LogP contribution < -0.4 is 0 Å². The van der Waals surface area contributed by atoms with Crippen LogP contribution in [0.25, 0.3) is 11.3 Å². The predicted octanol–water partition coefficient (Wildman–Crippen LogP) is 1.41. The molecule has 0 aliphatic rings. The summed E-state index contributed by atoms with van der Waals surface area (Å²) in [5.74, 6) is -0.00713. The maximum Gasteiger partial charge on any atom is 0.153 e. The molecule has 0 aliphatic heterocycles. The molecular formula is C13H14N2O3S. The van der Waals surface area contributed by atoms with Crippen molar-refractivity contribution in [2.24, 2.45) is 0 Å². The third kappa shape index (κ3) is 3.29. The van der Waals surface area contributed by atoms with E-state index in [0.717, 1.165) is 11.8 Å². The van der Waals surface area contributed by atoms with Gasteiger partial charge in [0.2, 0.25) is 0 Å². The van der Waals surface area contributed by atoms with Crippen LogP contribution in [0.1, 0.15) is 10.4 Å². The van der Waals surface area contributed by atoms with E-state index in [-0.39, 0.29) is 12.3 Å². The lowest BCUT2D eigenvalue weighted by Crippen LogP contribution is -2.13. The van der Waals surface area contributed by atoms with Gasteiger partial charge in [0, 0.05) is 11.8 Å². The molecule has 0 amide bonds. The Hall–Kier alpha value is -1.95. The number of hydrogen-bond donors (Lipinski definition) is 0. The van der Waals surface area contributed by atoms with Gasteiger partial charge in [-0.05, 0) is 0 Å². The first-order chi connectivity index (χ1) is 9.01. The summed E-state index contributed by atoms with van der Waals surface area (Å²) in [4.78, 5) is 11.0. The van der Waals surface area contributed by atoms with Crippen molar-refractivity contribution < 1.29 is 13.2 Å². The number of aldehydes is 1. The van der Waals surface area contributed by atoms with Crippen LogP contribution in [0.5, 0.6) is 0 Å². The molecule has 1 aromatic heterocycles. The summed E-state index contributed by atoms with van der Waals surface area (Å²) in [6, 6.07) is 9.32. The van der Waals surface area contributed by atoms with E-state index in [2.05, 4.69) is 5.10 Å². The smallest absolute Gasteiger partial charge is 0.153 e. The van der Waals surface area contributed by atoms with Crippen LogP contribution in [0.2, 0.25) is 0 Å². The van der Waals surface area contributed by atoms with Crippen molar-refractivity contribution in [3.8, 4) is 11.3 Å². The zero-order valence-electron chi connectivity index (χ0n) is 10.5. The minimum Gasteiger partial charge on any atom is -0.298 e. The molecule has 0 saturated heterocycles. The van der Waals surface area contributed by atoms with E-state index in [1.807, 2.05) is 30.3 Å². The van der Waals surface area contributed by atoms with Crippen LogP contribution in [-0.4, -0.2) is 36.5 Å².